The fourth-order valence-electron chi connectivity index (χ4n) is 1.95. The first-order chi connectivity index (χ1) is 7.60. The van der Waals surface area contributed by atoms with Gasteiger partial charge in [0.2, 0.25) is 0 Å². The van der Waals surface area contributed by atoms with E-state index in [0.29, 0.717) is 0 Å². The molecule has 0 saturated heterocycles. The number of aliphatic hydroxyl groups excluding tert-OH is 1. The molecule has 0 aromatic heterocycles. The zero-order valence-electron chi connectivity index (χ0n) is 10.8. The molecular weight excluding hydrogens is 198 g/mol. The average molecular weight is 221 g/mol. The molecule has 90 valence electrons. The number of benzene rings is 1. The van der Waals surface area contributed by atoms with Gasteiger partial charge < -0.3 is 10.4 Å². The second-order valence-corrected chi connectivity index (χ2v) is 4.48. The zero-order chi connectivity index (χ0) is 12.1. The van der Waals surface area contributed by atoms with Crippen molar-refractivity contribution in [2.45, 2.75) is 40.2 Å². The maximum absolute atomic E-state index is 9.43. The van der Waals surface area contributed by atoms with E-state index in [9.17, 15) is 5.11 Å². The molecule has 0 aliphatic carbocycles. The van der Waals surface area contributed by atoms with Gasteiger partial charge in [0, 0.05) is 0 Å². The van der Waals surface area contributed by atoms with Crippen LogP contribution < -0.4 is 5.32 Å². The Morgan fingerprint density at radius 1 is 1.12 bits per heavy atom. The van der Waals surface area contributed by atoms with Crippen molar-refractivity contribution in [3.05, 3.63) is 34.4 Å². The molecule has 16 heavy (non-hydrogen) atoms. The number of aryl methyl sites for hydroxylation is 3. The van der Waals surface area contributed by atoms with Gasteiger partial charge in [0.15, 0.2) is 0 Å². The molecule has 0 saturated carbocycles. The Hall–Kier alpha value is -0.860. The van der Waals surface area contributed by atoms with Gasteiger partial charge in [0.05, 0.1) is 12.6 Å². The van der Waals surface area contributed by atoms with Crippen molar-refractivity contribution in [2.75, 3.05) is 13.2 Å². The highest BCUT2D eigenvalue weighted by Gasteiger charge is 2.12. The van der Waals surface area contributed by atoms with Gasteiger partial charge in [0.1, 0.15) is 0 Å². The van der Waals surface area contributed by atoms with E-state index in [1.807, 2.05) is 0 Å². The molecule has 1 aromatic rings. The summed E-state index contributed by atoms with van der Waals surface area (Å²) in [4.78, 5) is 0. The van der Waals surface area contributed by atoms with Crippen molar-refractivity contribution in [1.29, 1.82) is 0 Å². The second kappa shape index (κ2) is 6.02. The van der Waals surface area contributed by atoms with Gasteiger partial charge in [-0.3, -0.25) is 0 Å². The summed E-state index contributed by atoms with van der Waals surface area (Å²) >= 11 is 0. The topological polar surface area (TPSA) is 32.3 Å². The Kier molecular flexibility index (Phi) is 4.97. The number of hydrogen-bond donors (Lipinski definition) is 2. The van der Waals surface area contributed by atoms with E-state index in [2.05, 4.69) is 45.1 Å². The molecule has 0 aliphatic heterocycles. The first-order valence-corrected chi connectivity index (χ1v) is 6.02. The van der Waals surface area contributed by atoms with Crippen LogP contribution in [-0.4, -0.2) is 18.3 Å². The molecule has 1 aromatic carbocycles. The minimum absolute atomic E-state index is 0.0687. The monoisotopic (exact) mass is 221 g/mol. The third-order valence-electron chi connectivity index (χ3n) is 3.08. The van der Waals surface area contributed by atoms with Crippen LogP contribution in [0.2, 0.25) is 0 Å². The summed E-state index contributed by atoms with van der Waals surface area (Å²) < 4.78 is 0. The highest BCUT2D eigenvalue weighted by atomic mass is 16.3. The quantitative estimate of drug-likeness (QED) is 0.801. The number of rotatable bonds is 5. The number of nitrogens with one attached hydrogen (secondary N) is 1. The van der Waals surface area contributed by atoms with E-state index in [-0.39, 0.29) is 12.6 Å². The molecule has 1 unspecified atom stereocenters. The molecule has 0 bridgehead atoms. The highest BCUT2D eigenvalue weighted by Crippen LogP contribution is 2.21. The molecule has 2 nitrogen and oxygen atoms in total. The maximum atomic E-state index is 9.43. The lowest BCUT2D eigenvalue weighted by Gasteiger charge is -2.20. The minimum atomic E-state index is 0.0687. The van der Waals surface area contributed by atoms with Gasteiger partial charge >= 0.3 is 0 Å². The van der Waals surface area contributed by atoms with E-state index in [1.165, 1.54) is 22.3 Å². The molecule has 0 radical (unpaired) electrons. The van der Waals surface area contributed by atoms with Crippen LogP contribution in [0.1, 0.15) is 41.6 Å². The Bertz CT molecular complexity index is 347. The predicted molar refractivity (Wildman–Crippen MR) is 68.8 cm³/mol. The predicted octanol–water partition coefficient (Wildman–Crippen LogP) is 2.64. The summed E-state index contributed by atoms with van der Waals surface area (Å²) in [6, 6.07) is 4.45. The third-order valence-corrected chi connectivity index (χ3v) is 3.08. The third kappa shape index (κ3) is 3.06. The summed E-state index contributed by atoms with van der Waals surface area (Å²) in [6.45, 7) is 9.58. The van der Waals surface area contributed by atoms with E-state index < -0.39 is 0 Å². The normalized spacial score (nSPS) is 12.8. The van der Waals surface area contributed by atoms with Crippen LogP contribution in [0.25, 0.3) is 0 Å². The summed E-state index contributed by atoms with van der Waals surface area (Å²) in [5.41, 5.74) is 5.08. The maximum Gasteiger partial charge on any atom is 0.0626 e. The van der Waals surface area contributed by atoms with Crippen molar-refractivity contribution in [3.8, 4) is 0 Å². The Labute approximate surface area is 98.7 Å². The molecule has 0 amide bonds. The largest absolute Gasteiger partial charge is 0.394 e. The van der Waals surface area contributed by atoms with E-state index in [1.54, 1.807) is 0 Å². The van der Waals surface area contributed by atoms with E-state index in [0.717, 1.165) is 13.0 Å². The number of aliphatic hydroxyl groups is 1. The average Bonchev–Trinajstić information content (AvgIpc) is 2.26. The van der Waals surface area contributed by atoms with Crippen molar-refractivity contribution >= 4 is 0 Å². The van der Waals surface area contributed by atoms with Crippen LogP contribution in [0.15, 0.2) is 12.1 Å². The first-order valence-electron chi connectivity index (χ1n) is 6.02. The first kappa shape index (κ1) is 13.2. The standard InChI is InChI=1S/C14H23NO/c1-5-6-15-14(9-16)13-8-11(3)10(2)7-12(13)4/h7-8,14-16H,5-6,9H2,1-4H3. The van der Waals surface area contributed by atoms with Gasteiger partial charge in [-0.15, -0.1) is 0 Å². The van der Waals surface area contributed by atoms with Crippen LogP contribution in [0, 0.1) is 20.8 Å². The van der Waals surface area contributed by atoms with Crippen molar-refractivity contribution < 1.29 is 5.11 Å². The smallest absolute Gasteiger partial charge is 0.0626 e. The molecule has 2 N–H and O–H groups in total. The van der Waals surface area contributed by atoms with Crippen molar-refractivity contribution in [1.82, 2.24) is 5.32 Å². The lowest BCUT2D eigenvalue weighted by atomic mass is 9.96. The fourth-order valence-corrected chi connectivity index (χ4v) is 1.95. The molecule has 0 spiro atoms. The number of hydrogen-bond acceptors (Lipinski definition) is 2. The Morgan fingerprint density at radius 3 is 2.31 bits per heavy atom. The van der Waals surface area contributed by atoms with Crippen LogP contribution in [0.3, 0.4) is 0 Å². The fraction of sp³-hybridized carbons (Fsp3) is 0.571. The summed E-state index contributed by atoms with van der Waals surface area (Å²) in [5, 5.41) is 12.8. The van der Waals surface area contributed by atoms with Crippen LogP contribution in [0.5, 0.6) is 0 Å². The molecule has 1 rings (SSSR count). The van der Waals surface area contributed by atoms with Gasteiger partial charge in [-0.25, -0.2) is 0 Å². The van der Waals surface area contributed by atoms with Gasteiger partial charge in [-0.1, -0.05) is 19.1 Å². The molecular formula is C14H23NO. The minimum Gasteiger partial charge on any atom is -0.394 e. The lowest BCUT2D eigenvalue weighted by molar-refractivity contribution is 0.244. The molecule has 0 aliphatic rings. The summed E-state index contributed by atoms with van der Waals surface area (Å²) in [6.07, 6.45) is 1.08. The Morgan fingerprint density at radius 2 is 1.75 bits per heavy atom. The van der Waals surface area contributed by atoms with E-state index in [4.69, 9.17) is 0 Å². The second-order valence-electron chi connectivity index (χ2n) is 4.48. The van der Waals surface area contributed by atoms with Crippen LogP contribution in [0.4, 0.5) is 0 Å². The van der Waals surface area contributed by atoms with Crippen LogP contribution in [-0.2, 0) is 0 Å². The molecule has 0 heterocycles. The van der Waals surface area contributed by atoms with E-state index >= 15 is 0 Å². The molecule has 0 fully saturated rings. The highest BCUT2D eigenvalue weighted by molar-refractivity contribution is 5.38. The zero-order valence-corrected chi connectivity index (χ0v) is 10.8. The van der Waals surface area contributed by atoms with Crippen LogP contribution >= 0.6 is 0 Å². The van der Waals surface area contributed by atoms with Crippen molar-refractivity contribution in [3.63, 3.8) is 0 Å². The lowest BCUT2D eigenvalue weighted by Crippen LogP contribution is -2.26. The summed E-state index contributed by atoms with van der Waals surface area (Å²) in [7, 11) is 0. The van der Waals surface area contributed by atoms with Gasteiger partial charge in [-0.2, -0.15) is 0 Å². The Balaban J connectivity index is 2.95. The molecule has 2 heteroatoms. The molecule has 1 atom stereocenters. The van der Waals surface area contributed by atoms with Gasteiger partial charge in [-0.05, 0) is 56.0 Å². The van der Waals surface area contributed by atoms with Gasteiger partial charge in [0.25, 0.3) is 0 Å². The SMILES string of the molecule is CCCNC(CO)c1cc(C)c(C)cc1C. The summed E-state index contributed by atoms with van der Waals surface area (Å²) in [5.74, 6) is 0. The van der Waals surface area contributed by atoms with Crippen molar-refractivity contribution in [2.24, 2.45) is 0 Å².